The van der Waals surface area contributed by atoms with Gasteiger partial charge >= 0.3 is 0 Å². The van der Waals surface area contributed by atoms with E-state index in [1.807, 2.05) is 42.5 Å². The Hall–Kier alpha value is -1.32. The van der Waals surface area contributed by atoms with E-state index in [1.54, 1.807) is 0 Å². The fourth-order valence-electron chi connectivity index (χ4n) is 1.66. The van der Waals surface area contributed by atoms with E-state index in [4.69, 9.17) is 10.5 Å². The van der Waals surface area contributed by atoms with Gasteiger partial charge in [0, 0.05) is 6.54 Å². The number of benzene rings is 2. The van der Waals surface area contributed by atoms with Gasteiger partial charge in [0.05, 0.1) is 4.47 Å². The number of hydrogen-bond acceptors (Lipinski definition) is 2. The molecule has 0 aromatic heterocycles. The molecule has 2 nitrogen and oxygen atoms in total. The molecular formula is C15H16BrNO. The molecule has 0 bridgehead atoms. The molecule has 2 aromatic carbocycles. The van der Waals surface area contributed by atoms with Crippen molar-refractivity contribution >= 4 is 15.9 Å². The number of nitrogens with two attached hydrogens (primary N) is 1. The molecule has 94 valence electrons. The van der Waals surface area contributed by atoms with Gasteiger partial charge in [0.2, 0.25) is 0 Å². The molecular weight excluding hydrogens is 290 g/mol. The highest BCUT2D eigenvalue weighted by atomic mass is 79.9. The topological polar surface area (TPSA) is 35.2 Å². The Balaban J connectivity index is 2.02. The summed E-state index contributed by atoms with van der Waals surface area (Å²) in [5.41, 5.74) is 9.04. The summed E-state index contributed by atoms with van der Waals surface area (Å²) >= 11 is 3.50. The summed E-state index contributed by atoms with van der Waals surface area (Å²) in [6, 6.07) is 14.2. The zero-order valence-corrected chi connectivity index (χ0v) is 11.9. The molecule has 0 aliphatic heterocycles. The Morgan fingerprint density at radius 3 is 2.33 bits per heavy atom. The Morgan fingerprint density at radius 1 is 1.06 bits per heavy atom. The first-order valence-corrected chi connectivity index (χ1v) is 6.65. The molecule has 0 radical (unpaired) electrons. The molecule has 3 heteroatoms. The molecule has 0 unspecified atom stereocenters. The third-order valence-corrected chi connectivity index (χ3v) is 3.36. The van der Waals surface area contributed by atoms with Crippen LogP contribution in [0.5, 0.6) is 5.75 Å². The second kappa shape index (κ2) is 6.03. The lowest BCUT2D eigenvalue weighted by atomic mass is 10.1. The molecule has 0 amide bonds. The number of aryl methyl sites for hydroxylation is 1. The van der Waals surface area contributed by atoms with E-state index in [9.17, 15) is 0 Å². The third-order valence-electron chi connectivity index (χ3n) is 2.74. The maximum absolute atomic E-state index is 5.77. The highest BCUT2D eigenvalue weighted by Crippen LogP contribution is 2.26. The minimum atomic E-state index is 0.562. The summed E-state index contributed by atoms with van der Waals surface area (Å²) < 4.78 is 6.76. The summed E-state index contributed by atoms with van der Waals surface area (Å²) in [6.45, 7) is 3.19. The van der Waals surface area contributed by atoms with Crippen molar-refractivity contribution in [3.8, 4) is 5.75 Å². The standard InChI is InChI=1S/C15H16BrNO/c1-11-2-7-15(14(16)8-11)18-10-13-5-3-12(9-17)4-6-13/h2-8H,9-10,17H2,1H3. The predicted molar refractivity (Wildman–Crippen MR) is 77.5 cm³/mol. The smallest absolute Gasteiger partial charge is 0.134 e. The molecule has 0 aliphatic carbocycles. The number of rotatable bonds is 4. The van der Waals surface area contributed by atoms with Gasteiger partial charge in [-0.15, -0.1) is 0 Å². The Bertz CT molecular complexity index is 523. The lowest BCUT2D eigenvalue weighted by molar-refractivity contribution is 0.304. The molecule has 2 rings (SSSR count). The number of ether oxygens (including phenoxy) is 1. The quantitative estimate of drug-likeness (QED) is 0.932. The van der Waals surface area contributed by atoms with Gasteiger partial charge in [-0.05, 0) is 51.7 Å². The van der Waals surface area contributed by atoms with E-state index in [0.717, 1.165) is 21.3 Å². The van der Waals surface area contributed by atoms with Gasteiger partial charge < -0.3 is 10.5 Å². The second-order valence-corrected chi connectivity index (χ2v) is 5.10. The molecule has 0 heterocycles. The van der Waals surface area contributed by atoms with Crippen molar-refractivity contribution in [2.75, 3.05) is 0 Å². The molecule has 2 N–H and O–H groups in total. The van der Waals surface area contributed by atoms with Crippen LogP contribution in [-0.2, 0) is 13.2 Å². The average Bonchev–Trinajstić information content (AvgIpc) is 2.38. The highest BCUT2D eigenvalue weighted by molar-refractivity contribution is 9.10. The van der Waals surface area contributed by atoms with E-state index < -0.39 is 0 Å². The molecule has 0 saturated carbocycles. The molecule has 0 aliphatic rings. The maximum Gasteiger partial charge on any atom is 0.134 e. The van der Waals surface area contributed by atoms with Gasteiger partial charge in [-0.1, -0.05) is 30.3 Å². The van der Waals surface area contributed by atoms with E-state index in [2.05, 4.69) is 22.9 Å². The Morgan fingerprint density at radius 2 is 1.72 bits per heavy atom. The fraction of sp³-hybridized carbons (Fsp3) is 0.200. The summed E-state index contributed by atoms with van der Waals surface area (Å²) in [5.74, 6) is 0.864. The molecule has 18 heavy (non-hydrogen) atoms. The molecule has 0 atom stereocenters. The Labute approximate surface area is 116 Å². The van der Waals surface area contributed by atoms with Crippen LogP contribution in [0, 0.1) is 6.92 Å². The van der Waals surface area contributed by atoms with Gasteiger partial charge in [-0.3, -0.25) is 0 Å². The first-order valence-electron chi connectivity index (χ1n) is 5.86. The van der Waals surface area contributed by atoms with Crippen LogP contribution in [0.1, 0.15) is 16.7 Å². The number of halogens is 1. The lowest BCUT2D eigenvalue weighted by Gasteiger charge is -2.09. The van der Waals surface area contributed by atoms with Crippen LogP contribution >= 0.6 is 15.9 Å². The molecule has 0 fully saturated rings. The predicted octanol–water partition coefficient (Wildman–Crippen LogP) is 3.80. The Kier molecular flexibility index (Phi) is 4.39. The summed E-state index contributed by atoms with van der Waals surface area (Å²) in [6.07, 6.45) is 0. The second-order valence-electron chi connectivity index (χ2n) is 4.24. The van der Waals surface area contributed by atoms with Crippen LogP contribution in [0.2, 0.25) is 0 Å². The van der Waals surface area contributed by atoms with Crippen molar-refractivity contribution in [3.05, 3.63) is 63.6 Å². The van der Waals surface area contributed by atoms with Gasteiger partial charge in [0.25, 0.3) is 0 Å². The first kappa shape index (κ1) is 13.1. The van der Waals surface area contributed by atoms with Crippen molar-refractivity contribution in [2.45, 2.75) is 20.1 Å². The van der Waals surface area contributed by atoms with Crippen LogP contribution in [0.25, 0.3) is 0 Å². The van der Waals surface area contributed by atoms with Crippen LogP contribution in [0.4, 0.5) is 0 Å². The number of hydrogen-bond donors (Lipinski definition) is 1. The van der Waals surface area contributed by atoms with Crippen molar-refractivity contribution < 1.29 is 4.74 Å². The monoisotopic (exact) mass is 305 g/mol. The lowest BCUT2D eigenvalue weighted by Crippen LogP contribution is -1.99. The van der Waals surface area contributed by atoms with E-state index >= 15 is 0 Å². The summed E-state index contributed by atoms with van der Waals surface area (Å²) in [7, 11) is 0. The fourth-order valence-corrected chi connectivity index (χ4v) is 2.26. The van der Waals surface area contributed by atoms with Crippen molar-refractivity contribution in [3.63, 3.8) is 0 Å². The zero-order valence-electron chi connectivity index (χ0n) is 10.3. The van der Waals surface area contributed by atoms with E-state index in [1.165, 1.54) is 5.56 Å². The van der Waals surface area contributed by atoms with Gasteiger partial charge in [0.15, 0.2) is 0 Å². The van der Waals surface area contributed by atoms with Crippen molar-refractivity contribution in [1.29, 1.82) is 0 Å². The largest absolute Gasteiger partial charge is 0.488 e. The molecule has 2 aromatic rings. The van der Waals surface area contributed by atoms with Crippen molar-refractivity contribution in [2.24, 2.45) is 5.73 Å². The SMILES string of the molecule is Cc1ccc(OCc2ccc(CN)cc2)c(Br)c1. The van der Waals surface area contributed by atoms with Gasteiger partial charge in [0.1, 0.15) is 12.4 Å². The molecule has 0 saturated heterocycles. The summed E-state index contributed by atoms with van der Waals surface area (Å²) in [4.78, 5) is 0. The summed E-state index contributed by atoms with van der Waals surface area (Å²) in [5, 5.41) is 0. The van der Waals surface area contributed by atoms with Gasteiger partial charge in [-0.25, -0.2) is 0 Å². The van der Waals surface area contributed by atoms with Crippen LogP contribution < -0.4 is 10.5 Å². The maximum atomic E-state index is 5.77. The highest BCUT2D eigenvalue weighted by Gasteiger charge is 2.01. The minimum Gasteiger partial charge on any atom is -0.488 e. The normalized spacial score (nSPS) is 10.4. The van der Waals surface area contributed by atoms with Gasteiger partial charge in [-0.2, -0.15) is 0 Å². The average molecular weight is 306 g/mol. The zero-order chi connectivity index (χ0) is 13.0. The van der Waals surface area contributed by atoms with Crippen LogP contribution in [0.15, 0.2) is 46.9 Å². The van der Waals surface area contributed by atoms with Crippen LogP contribution in [-0.4, -0.2) is 0 Å². The van der Waals surface area contributed by atoms with E-state index in [-0.39, 0.29) is 0 Å². The minimum absolute atomic E-state index is 0.562. The third kappa shape index (κ3) is 3.34. The van der Waals surface area contributed by atoms with Crippen molar-refractivity contribution in [1.82, 2.24) is 0 Å². The first-order chi connectivity index (χ1) is 8.69. The molecule has 0 spiro atoms. The van der Waals surface area contributed by atoms with Crippen LogP contribution in [0.3, 0.4) is 0 Å². The van der Waals surface area contributed by atoms with E-state index in [0.29, 0.717) is 13.2 Å².